The van der Waals surface area contributed by atoms with E-state index in [4.69, 9.17) is 4.74 Å². The average Bonchev–Trinajstić information content (AvgIpc) is 2.97. The first-order valence-corrected chi connectivity index (χ1v) is 6.23. The van der Waals surface area contributed by atoms with Crippen LogP contribution < -0.4 is 0 Å². The Morgan fingerprint density at radius 3 is 3.00 bits per heavy atom. The van der Waals surface area contributed by atoms with Crippen molar-refractivity contribution in [2.45, 2.75) is 6.92 Å². The maximum Gasteiger partial charge on any atom is 0.375 e. The van der Waals surface area contributed by atoms with Crippen molar-refractivity contribution in [2.75, 3.05) is 6.61 Å². The van der Waals surface area contributed by atoms with Crippen LogP contribution in [0.2, 0.25) is 0 Å². The molecule has 0 radical (unpaired) electrons. The van der Waals surface area contributed by atoms with E-state index in [1.165, 1.54) is 0 Å². The first-order chi connectivity index (χ1) is 9.79. The molecule has 0 aliphatic heterocycles. The lowest BCUT2D eigenvalue weighted by molar-refractivity contribution is 0.0512. The summed E-state index contributed by atoms with van der Waals surface area (Å²) >= 11 is 0. The number of aromatic nitrogens is 4. The van der Waals surface area contributed by atoms with Gasteiger partial charge in [-0.1, -0.05) is 18.2 Å². The van der Waals surface area contributed by atoms with Crippen LogP contribution in [0, 0.1) is 0 Å². The molecular formula is C14H12N4O2. The molecule has 0 amide bonds. The van der Waals surface area contributed by atoms with Crippen LogP contribution in [-0.2, 0) is 4.74 Å². The second kappa shape index (κ2) is 5.08. The number of H-pyrrole nitrogens is 1. The van der Waals surface area contributed by atoms with Crippen LogP contribution >= 0.6 is 0 Å². The van der Waals surface area contributed by atoms with Gasteiger partial charge in [0.25, 0.3) is 0 Å². The molecule has 2 aromatic heterocycles. The van der Waals surface area contributed by atoms with Crippen LogP contribution in [0.25, 0.3) is 22.3 Å². The highest BCUT2D eigenvalue weighted by Gasteiger charge is 2.15. The van der Waals surface area contributed by atoms with Crippen LogP contribution in [0.5, 0.6) is 0 Å². The van der Waals surface area contributed by atoms with Gasteiger partial charge in [0.05, 0.1) is 12.1 Å². The fraction of sp³-hybridized carbons (Fsp3) is 0.143. The third-order valence-electron chi connectivity index (χ3n) is 2.84. The summed E-state index contributed by atoms with van der Waals surface area (Å²) in [6.07, 6.45) is 1.69. The van der Waals surface area contributed by atoms with E-state index in [0.717, 1.165) is 16.5 Å². The summed E-state index contributed by atoms with van der Waals surface area (Å²) in [7, 11) is 0. The summed E-state index contributed by atoms with van der Waals surface area (Å²) in [5.41, 5.74) is 1.68. The van der Waals surface area contributed by atoms with E-state index in [-0.39, 0.29) is 5.82 Å². The molecule has 0 saturated carbocycles. The number of esters is 1. The summed E-state index contributed by atoms with van der Waals surface area (Å²) in [6, 6.07) is 9.52. The number of pyridine rings is 1. The van der Waals surface area contributed by atoms with Crippen molar-refractivity contribution in [3.8, 4) is 11.4 Å². The number of nitrogens with zero attached hydrogens (tertiary/aromatic N) is 3. The molecule has 100 valence electrons. The number of fused-ring (bicyclic) bond motifs is 1. The molecule has 0 atom stereocenters. The minimum absolute atomic E-state index is 0.0998. The molecule has 6 heteroatoms. The number of carbonyl (C=O) groups excluding carboxylic acids is 1. The zero-order chi connectivity index (χ0) is 13.9. The van der Waals surface area contributed by atoms with Crippen molar-refractivity contribution < 1.29 is 9.53 Å². The highest BCUT2D eigenvalue weighted by Crippen LogP contribution is 2.24. The van der Waals surface area contributed by atoms with Crippen LogP contribution in [0.4, 0.5) is 0 Å². The molecule has 0 saturated heterocycles. The highest BCUT2D eigenvalue weighted by molar-refractivity contribution is 5.93. The van der Waals surface area contributed by atoms with Gasteiger partial charge in [0.15, 0.2) is 5.82 Å². The van der Waals surface area contributed by atoms with Crippen LogP contribution in [0.1, 0.15) is 17.5 Å². The minimum Gasteiger partial charge on any atom is -0.460 e. The third-order valence-corrected chi connectivity index (χ3v) is 2.84. The second-order valence-corrected chi connectivity index (χ2v) is 4.10. The highest BCUT2D eigenvalue weighted by atomic mass is 16.5. The standard InChI is InChI=1S/C14H12N4O2/c1-2-20-14(19)13-16-12(17-18-13)10-7-8-15-11-6-4-3-5-9(10)11/h3-8H,2H2,1H3,(H,16,17,18). The molecule has 20 heavy (non-hydrogen) atoms. The Balaban J connectivity index is 2.06. The topological polar surface area (TPSA) is 80.8 Å². The Hall–Kier alpha value is -2.76. The maximum absolute atomic E-state index is 11.6. The fourth-order valence-electron chi connectivity index (χ4n) is 1.96. The number of ether oxygens (including phenoxy) is 1. The van der Waals surface area contributed by atoms with Gasteiger partial charge in [0.2, 0.25) is 5.82 Å². The summed E-state index contributed by atoms with van der Waals surface area (Å²) in [6.45, 7) is 2.04. The summed E-state index contributed by atoms with van der Waals surface area (Å²) in [5, 5.41) is 7.61. The van der Waals surface area contributed by atoms with Gasteiger partial charge in [-0.05, 0) is 19.1 Å². The lowest BCUT2D eigenvalue weighted by atomic mass is 10.1. The van der Waals surface area contributed by atoms with E-state index in [9.17, 15) is 4.79 Å². The number of carbonyl (C=O) groups is 1. The van der Waals surface area contributed by atoms with Gasteiger partial charge in [-0.3, -0.25) is 10.1 Å². The molecule has 6 nitrogen and oxygen atoms in total. The van der Waals surface area contributed by atoms with Crippen molar-refractivity contribution in [3.05, 3.63) is 42.4 Å². The lowest BCUT2D eigenvalue weighted by Crippen LogP contribution is -2.06. The number of hydrogen-bond donors (Lipinski definition) is 1. The van der Waals surface area contributed by atoms with Crippen molar-refractivity contribution in [3.63, 3.8) is 0 Å². The number of aromatic amines is 1. The Labute approximate surface area is 114 Å². The first kappa shape index (κ1) is 12.3. The van der Waals surface area contributed by atoms with Crippen LogP contribution in [-0.4, -0.2) is 32.7 Å². The first-order valence-electron chi connectivity index (χ1n) is 6.23. The number of para-hydroxylation sites is 1. The summed E-state index contributed by atoms with van der Waals surface area (Å²) in [4.78, 5) is 20.0. The molecule has 3 rings (SSSR count). The Bertz CT molecular complexity index is 761. The lowest BCUT2D eigenvalue weighted by Gasteiger charge is -2.01. The van der Waals surface area contributed by atoms with E-state index >= 15 is 0 Å². The van der Waals surface area contributed by atoms with E-state index in [1.807, 2.05) is 30.3 Å². The molecular weight excluding hydrogens is 256 g/mol. The Morgan fingerprint density at radius 1 is 1.30 bits per heavy atom. The molecule has 0 unspecified atom stereocenters. The number of benzene rings is 1. The number of rotatable bonds is 3. The van der Waals surface area contributed by atoms with Crippen molar-refractivity contribution >= 4 is 16.9 Å². The zero-order valence-corrected chi connectivity index (χ0v) is 10.8. The van der Waals surface area contributed by atoms with Gasteiger partial charge in [-0.15, -0.1) is 0 Å². The SMILES string of the molecule is CCOC(=O)c1nc(-c2ccnc3ccccc23)n[nH]1. The molecule has 1 aromatic carbocycles. The second-order valence-electron chi connectivity index (χ2n) is 4.10. The molecule has 0 bridgehead atoms. The molecule has 2 heterocycles. The summed E-state index contributed by atoms with van der Waals surface area (Å²) < 4.78 is 4.88. The average molecular weight is 268 g/mol. The van der Waals surface area contributed by atoms with Crippen molar-refractivity contribution in [1.82, 2.24) is 20.2 Å². The molecule has 0 fully saturated rings. The van der Waals surface area contributed by atoms with Gasteiger partial charge in [0.1, 0.15) is 0 Å². The maximum atomic E-state index is 11.6. The molecule has 3 aromatic rings. The van der Waals surface area contributed by atoms with E-state index in [0.29, 0.717) is 12.4 Å². The predicted octanol–water partition coefficient (Wildman–Crippen LogP) is 2.20. The van der Waals surface area contributed by atoms with Gasteiger partial charge in [-0.2, -0.15) is 5.10 Å². The van der Waals surface area contributed by atoms with Gasteiger partial charge < -0.3 is 4.74 Å². The van der Waals surface area contributed by atoms with E-state index in [2.05, 4.69) is 20.2 Å². The van der Waals surface area contributed by atoms with Crippen molar-refractivity contribution in [1.29, 1.82) is 0 Å². The van der Waals surface area contributed by atoms with E-state index in [1.54, 1.807) is 13.1 Å². The van der Waals surface area contributed by atoms with Gasteiger partial charge in [-0.25, -0.2) is 9.78 Å². The number of nitrogens with one attached hydrogen (secondary N) is 1. The normalized spacial score (nSPS) is 10.7. The van der Waals surface area contributed by atoms with E-state index < -0.39 is 5.97 Å². The van der Waals surface area contributed by atoms with Crippen LogP contribution in [0.15, 0.2) is 36.5 Å². The minimum atomic E-state index is -0.510. The largest absolute Gasteiger partial charge is 0.460 e. The zero-order valence-electron chi connectivity index (χ0n) is 10.8. The smallest absolute Gasteiger partial charge is 0.375 e. The fourth-order valence-corrected chi connectivity index (χ4v) is 1.96. The van der Waals surface area contributed by atoms with Gasteiger partial charge >= 0.3 is 5.97 Å². The molecule has 0 spiro atoms. The third kappa shape index (κ3) is 2.11. The quantitative estimate of drug-likeness (QED) is 0.736. The Kier molecular flexibility index (Phi) is 3.12. The molecule has 0 aliphatic rings. The monoisotopic (exact) mass is 268 g/mol. The number of hydrogen-bond acceptors (Lipinski definition) is 5. The molecule has 1 N–H and O–H groups in total. The Morgan fingerprint density at radius 2 is 2.15 bits per heavy atom. The van der Waals surface area contributed by atoms with Crippen LogP contribution in [0.3, 0.4) is 0 Å². The van der Waals surface area contributed by atoms with Gasteiger partial charge in [0, 0.05) is 17.1 Å². The molecule has 0 aliphatic carbocycles. The predicted molar refractivity (Wildman–Crippen MR) is 73.1 cm³/mol. The summed E-state index contributed by atoms with van der Waals surface area (Å²) in [5.74, 6) is 0.0407. The van der Waals surface area contributed by atoms with Crippen molar-refractivity contribution in [2.24, 2.45) is 0 Å².